The predicted molar refractivity (Wildman–Crippen MR) is 119 cm³/mol. The van der Waals surface area contributed by atoms with E-state index in [0.717, 1.165) is 44.6 Å². The van der Waals surface area contributed by atoms with Gasteiger partial charge in [0.15, 0.2) is 0 Å². The van der Waals surface area contributed by atoms with Crippen LogP contribution in [0.5, 0.6) is 5.75 Å². The lowest BCUT2D eigenvalue weighted by molar-refractivity contribution is 0.263. The Morgan fingerprint density at radius 1 is 1.21 bits per heavy atom. The number of likely N-dealkylation sites (tertiary alicyclic amines) is 1. The SMILES string of the molecule is CCCNc1nc(NC2CCN(C)CC2)nc(N(C)c2ccc(OC)c(Cl)c2)n1. The largest absolute Gasteiger partial charge is 0.495 e. The third kappa shape index (κ3) is 5.61. The van der Waals surface area contributed by atoms with Crippen molar-refractivity contribution in [1.29, 1.82) is 0 Å². The van der Waals surface area contributed by atoms with Gasteiger partial charge in [0.25, 0.3) is 0 Å². The lowest BCUT2D eigenvalue weighted by atomic mass is 10.1. The maximum absolute atomic E-state index is 6.30. The fraction of sp³-hybridized carbons (Fsp3) is 0.550. The van der Waals surface area contributed by atoms with E-state index < -0.39 is 0 Å². The standard InChI is InChI=1S/C20H30ClN7O/c1-5-10-22-18-24-19(23-14-8-11-27(2)12-9-14)26-20(25-18)28(3)15-6-7-17(29-4)16(21)13-15/h6-7,13-14H,5,8-12H2,1-4H3,(H2,22,23,24,25,26). The highest BCUT2D eigenvalue weighted by molar-refractivity contribution is 6.32. The van der Waals surface area contributed by atoms with Gasteiger partial charge in [-0.05, 0) is 57.6 Å². The van der Waals surface area contributed by atoms with E-state index >= 15 is 0 Å². The molecule has 29 heavy (non-hydrogen) atoms. The second kappa shape index (κ2) is 9.93. The fourth-order valence-corrected chi connectivity index (χ4v) is 3.46. The second-order valence-electron chi connectivity index (χ2n) is 7.31. The summed E-state index contributed by atoms with van der Waals surface area (Å²) >= 11 is 6.30. The van der Waals surface area contributed by atoms with Gasteiger partial charge in [-0.1, -0.05) is 18.5 Å². The van der Waals surface area contributed by atoms with E-state index in [4.69, 9.17) is 16.3 Å². The Bertz CT molecular complexity index is 811. The molecule has 2 N–H and O–H groups in total. The van der Waals surface area contributed by atoms with Crippen molar-refractivity contribution in [3.05, 3.63) is 23.2 Å². The summed E-state index contributed by atoms with van der Waals surface area (Å²) in [4.78, 5) is 18.1. The average Bonchev–Trinajstić information content (AvgIpc) is 2.73. The number of hydrogen-bond donors (Lipinski definition) is 2. The number of methoxy groups -OCH3 is 1. The van der Waals surface area contributed by atoms with Gasteiger partial charge in [0.1, 0.15) is 5.75 Å². The number of anilines is 4. The minimum atomic E-state index is 0.362. The number of aromatic nitrogens is 3. The van der Waals surface area contributed by atoms with E-state index in [1.165, 1.54) is 0 Å². The second-order valence-corrected chi connectivity index (χ2v) is 7.72. The van der Waals surface area contributed by atoms with E-state index in [9.17, 15) is 0 Å². The molecule has 2 heterocycles. The Balaban J connectivity index is 1.84. The molecule has 1 saturated heterocycles. The molecule has 9 heteroatoms. The molecule has 0 amide bonds. The van der Waals surface area contributed by atoms with Crippen molar-refractivity contribution < 1.29 is 4.74 Å². The minimum absolute atomic E-state index is 0.362. The summed E-state index contributed by atoms with van der Waals surface area (Å²) in [7, 11) is 5.67. The van der Waals surface area contributed by atoms with Crippen LogP contribution >= 0.6 is 11.6 Å². The van der Waals surface area contributed by atoms with Gasteiger partial charge in [0.05, 0.1) is 12.1 Å². The number of hydrogen-bond acceptors (Lipinski definition) is 8. The van der Waals surface area contributed by atoms with Crippen LogP contribution in [0.15, 0.2) is 18.2 Å². The number of nitrogens with zero attached hydrogens (tertiary/aromatic N) is 5. The van der Waals surface area contributed by atoms with E-state index in [1.807, 2.05) is 30.1 Å². The van der Waals surface area contributed by atoms with Crippen LogP contribution in [0.25, 0.3) is 0 Å². The molecule has 0 radical (unpaired) electrons. The summed E-state index contributed by atoms with van der Waals surface area (Å²) in [5.41, 5.74) is 0.869. The first-order valence-corrected chi connectivity index (χ1v) is 10.4. The van der Waals surface area contributed by atoms with Gasteiger partial charge in [-0.3, -0.25) is 0 Å². The summed E-state index contributed by atoms with van der Waals surface area (Å²) in [6, 6.07) is 5.97. The van der Waals surface area contributed by atoms with Crippen LogP contribution in [0.4, 0.5) is 23.5 Å². The Morgan fingerprint density at radius 2 is 1.93 bits per heavy atom. The van der Waals surface area contributed by atoms with E-state index in [-0.39, 0.29) is 0 Å². The molecule has 1 fully saturated rings. The maximum Gasteiger partial charge on any atom is 0.236 e. The Labute approximate surface area is 177 Å². The molecule has 1 aliphatic rings. The first-order chi connectivity index (χ1) is 14.0. The third-order valence-electron chi connectivity index (χ3n) is 5.03. The minimum Gasteiger partial charge on any atom is -0.495 e. The molecule has 0 spiro atoms. The van der Waals surface area contributed by atoms with Crippen molar-refractivity contribution in [3.63, 3.8) is 0 Å². The molecule has 1 aromatic heterocycles. The topological polar surface area (TPSA) is 78.4 Å². The maximum atomic E-state index is 6.30. The van der Waals surface area contributed by atoms with Crippen molar-refractivity contribution in [1.82, 2.24) is 19.9 Å². The van der Waals surface area contributed by atoms with Crippen LogP contribution in [0, 0.1) is 0 Å². The Kier molecular flexibility index (Phi) is 7.33. The van der Waals surface area contributed by atoms with Crippen LogP contribution < -0.4 is 20.3 Å². The van der Waals surface area contributed by atoms with E-state index in [1.54, 1.807) is 7.11 Å². The van der Waals surface area contributed by atoms with Gasteiger partial charge >= 0.3 is 0 Å². The average molecular weight is 420 g/mol. The molecule has 2 aromatic rings. The van der Waals surface area contributed by atoms with Crippen LogP contribution in [0.1, 0.15) is 26.2 Å². The molecular formula is C20H30ClN7O. The molecule has 0 aliphatic carbocycles. The summed E-state index contributed by atoms with van der Waals surface area (Å²) in [5, 5.41) is 7.31. The number of rotatable bonds is 8. The highest BCUT2D eigenvalue weighted by Gasteiger charge is 2.19. The van der Waals surface area contributed by atoms with Crippen molar-refractivity contribution in [2.45, 2.75) is 32.2 Å². The highest BCUT2D eigenvalue weighted by atomic mass is 35.5. The monoisotopic (exact) mass is 419 g/mol. The zero-order chi connectivity index (χ0) is 20.8. The molecular weight excluding hydrogens is 390 g/mol. The number of piperidine rings is 1. The number of nitrogens with one attached hydrogen (secondary N) is 2. The highest BCUT2D eigenvalue weighted by Crippen LogP contribution is 2.31. The molecule has 0 unspecified atom stereocenters. The van der Waals surface area contributed by atoms with Crippen LogP contribution in [-0.4, -0.2) is 66.7 Å². The predicted octanol–water partition coefficient (Wildman–Crippen LogP) is 3.63. The van der Waals surface area contributed by atoms with Gasteiger partial charge in [-0.25, -0.2) is 0 Å². The van der Waals surface area contributed by atoms with Crippen molar-refractivity contribution in [2.24, 2.45) is 0 Å². The molecule has 8 nitrogen and oxygen atoms in total. The first kappa shape index (κ1) is 21.4. The van der Waals surface area contributed by atoms with Gasteiger partial charge in [-0.15, -0.1) is 0 Å². The van der Waals surface area contributed by atoms with Crippen molar-refractivity contribution in [2.75, 3.05) is 56.4 Å². The van der Waals surface area contributed by atoms with Crippen LogP contribution in [0.2, 0.25) is 5.02 Å². The smallest absolute Gasteiger partial charge is 0.236 e. The van der Waals surface area contributed by atoms with Gasteiger partial charge in [-0.2, -0.15) is 15.0 Å². The van der Waals surface area contributed by atoms with Crippen molar-refractivity contribution in [3.8, 4) is 5.75 Å². The Hall–Kier alpha value is -2.32. The summed E-state index contributed by atoms with van der Waals surface area (Å²) < 4.78 is 5.24. The summed E-state index contributed by atoms with van der Waals surface area (Å²) in [6.45, 7) is 5.05. The molecule has 158 valence electrons. The third-order valence-corrected chi connectivity index (χ3v) is 5.33. The fourth-order valence-electron chi connectivity index (χ4n) is 3.21. The van der Waals surface area contributed by atoms with Gasteiger partial charge in [0.2, 0.25) is 17.8 Å². The summed E-state index contributed by atoms with van der Waals surface area (Å²) in [6.07, 6.45) is 3.13. The lowest BCUT2D eigenvalue weighted by Gasteiger charge is -2.29. The van der Waals surface area contributed by atoms with Crippen LogP contribution in [-0.2, 0) is 0 Å². The number of ether oxygens (including phenoxy) is 1. The molecule has 1 aromatic carbocycles. The zero-order valence-electron chi connectivity index (χ0n) is 17.6. The quantitative estimate of drug-likeness (QED) is 0.671. The van der Waals surface area contributed by atoms with Gasteiger partial charge < -0.3 is 25.2 Å². The molecule has 0 saturated carbocycles. The first-order valence-electron chi connectivity index (χ1n) is 10.0. The number of benzene rings is 1. The molecule has 0 bridgehead atoms. The van der Waals surface area contributed by atoms with E-state index in [2.05, 4.69) is 44.5 Å². The molecule has 1 aliphatic heterocycles. The Morgan fingerprint density at radius 3 is 2.59 bits per heavy atom. The lowest BCUT2D eigenvalue weighted by Crippen LogP contribution is -2.37. The zero-order valence-corrected chi connectivity index (χ0v) is 18.3. The normalized spacial score (nSPS) is 15.2. The summed E-state index contributed by atoms with van der Waals surface area (Å²) in [5.74, 6) is 2.35. The van der Waals surface area contributed by atoms with E-state index in [0.29, 0.717) is 34.7 Å². The molecule has 0 atom stereocenters. The van der Waals surface area contributed by atoms with Crippen molar-refractivity contribution >= 4 is 35.1 Å². The van der Waals surface area contributed by atoms with Crippen LogP contribution in [0.3, 0.4) is 0 Å². The molecule has 3 rings (SSSR count). The number of halogens is 1. The van der Waals surface area contributed by atoms with Gasteiger partial charge in [0, 0.05) is 25.3 Å².